The van der Waals surface area contributed by atoms with Gasteiger partial charge in [-0.25, -0.2) is 0 Å². The third-order valence-electron chi connectivity index (χ3n) is 1.43. The summed E-state index contributed by atoms with van der Waals surface area (Å²) in [7, 11) is 0. The summed E-state index contributed by atoms with van der Waals surface area (Å²) in [6.45, 7) is 1.81. The molecule has 4 nitrogen and oxygen atoms in total. The predicted molar refractivity (Wildman–Crippen MR) is 35.7 cm³/mol. The Labute approximate surface area is 58.6 Å². The number of nitrogens with one attached hydrogen (secondary N) is 1. The zero-order valence-corrected chi connectivity index (χ0v) is 5.79. The van der Waals surface area contributed by atoms with E-state index in [0.717, 1.165) is 0 Å². The minimum Gasteiger partial charge on any atom is -0.335 e. The van der Waals surface area contributed by atoms with Crippen molar-refractivity contribution < 1.29 is 4.52 Å². The summed E-state index contributed by atoms with van der Waals surface area (Å²) in [6, 6.07) is 1.14. The molecule has 1 fully saturated rings. The van der Waals surface area contributed by atoms with Crippen LogP contribution in [0.5, 0.6) is 0 Å². The maximum absolute atomic E-state index is 4.84. The van der Waals surface area contributed by atoms with Gasteiger partial charge in [0.2, 0.25) is 0 Å². The second-order valence-corrected chi connectivity index (χ2v) is 2.57. The first-order valence-electron chi connectivity index (χ1n) is 3.41. The molecule has 10 heavy (non-hydrogen) atoms. The molecule has 0 unspecified atom stereocenters. The lowest BCUT2D eigenvalue weighted by molar-refractivity contribution is 0.425. The maximum atomic E-state index is 4.84. The maximum Gasteiger partial charge on any atom is 0.321 e. The van der Waals surface area contributed by atoms with Crippen molar-refractivity contribution in [2.24, 2.45) is 0 Å². The lowest BCUT2D eigenvalue weighted by atomic mass is 10.7. The highest BCUT2D eigenvalue weighted by atomic mass is 16.5. The molecular formula is C6H9N3O. The summed E-state index contributed by atoms with van der Waals surface area (Å²) in [4.78, 5) is 4.00. The van der Waals surface area contributed by atoms with Crippen LogP contribution in [0, 0.1) is 6.92 Å². The van der Waals surface area contributed by atoms with E-state index >= 15 is 0 Å². The van der Waals surface area contributed by atoms with Crippen LogP contribution >= 0.6 is 0 Å². The van der Waals surface area contributed by atoms with Gasteiger partial charge in [-0.05, 0) is 19.8 Å². The standard InChI is InChI=1S/C6H9N3O/c1-4-7-6(10-9-4)8-5-2-3-5/h5H,2-3H2,1H3,(H,7,8,9). The van der Waals surface area contributed by atoms with E-state index in [1.165, 1.54) is 12.8 Å². The molecule has 1 N–H and O–H groups in total. The Hall–Kier alpha value is -1.06. The second-order valence-electron chi connectivity index (χ2n) is 2.57. The number of aryl methyl sites for hydroxylation is 1. The van der Waals surface area contributed by atoms with E-state index in [2.05, 4.69) is 15.5 Å². The summed E-state index contributed by atoms with van der Waals surface area (Å²) in [6.07, 6.45) is 2.45. The van der Waals surface area contributed by atoms with E-state index in [-0.39, 0.29) is 0 Å². The van der Waals surface area contributed by atoms with Crippen molar-refractivity contribution in [1.82, 2.24) is 10.1 Å². The van der Waals surface area contributed by atoms with Crippen LogP contribution in [0.15, 0.2) is 4.52 Å². The van der Waals surface area contributed by atoms with E-state index in [4.69, 9.17) is 4.52 Å². The van der Waals surface area contributed by atoms with Crippen LogP contribution < -0.4 is 5.32 Å². The van der Waals surface area contributed by atoms with Gasteiger partial charge in [-0.1, -0.05) is 5.16 Å². The van der Waals surface area contributed by atoms with Gasteiger partial charge >= 0.3 is 6.01 Å². The Morgan fingerprint density at radius 1 is 1.60 bits per heavy atom. The summed E-state index contributed by atoms with van der Waals surface area (Å²) >= 11 is 0. The molecule has 0 aliphatic heterocycles. The van der Waals surface area contributed by atoms with Crippen LogP contribution in [-0.4, -0.2) is 16.2 Å². The average Bonchev–Trinajstić information content (AvgIpc) is 2.59. The third-order valence-corrected chi connectivity index (χ3v) is 1.43. The number of anilines is 1. The van der Waals surface area contributed by atoms with Gasteiger partial charge in [-0.3, -0.25) is 0 Å². The van der Waals surface area contributed by atoms with Gasteiger partial charge in [0.15, 0.2) is 5.82 Å². The fourth-order valence-electron chi connectivity index (χ4n) is 0.758. The fraction of sp³-hybridized carbons (Fsp3) is 0.667. The first-order valence-corrected chi connectivity index (χ1v) is 3.41. The van der Waals surface area contributed by atoms with Crippen molar-refractivity contribution >= 4 is 6.01 Å². The average molecular weight is 139 g/mol. The summed E-state index contributed by atoms with van der Waals surface area (Å²) in [5.41, 5.74) is 0. The van der Waals surface area contributed by atoms with Gasteiger partial charge in [0.05, 0.1) is 0 Å². The van der Waals surface area contributed by atoms with Crippen LogP contribution in [0.3, 0.4) is 0 Å². The van der Waals surface area contributed by atoms with E-state index in [0.29, 0.717) is 17.9 Å². The quantitative estimate of drug-likeness (QED) is 0.662. The van der Waals surface area contributed by atoms with Gasteiger partial charge in [0, 0.05) is 6.04 Å². The van der Waals surface area contributed by atoms with Gasteiger partial charge in [0.1, 0.15) is 0 Å². The third kappa shape index (κ3) is 1.10. The monoisotopic (exact) mass is 139 g/mol. The van der Waals surface area contributed by atoms with Crippen molar-refractivity contribution in [3.8, 4) is 0 Å². The molecule has 0 aromatic carbocycles. The molecule has 2 rings (SSSR count). The first-order chi connectivity index (χ1) is 4.84. The van der Waals surface area contributed by atoms with Crippen molar-refractivity contribution in [2.45, 2.75) is 25.8 Å². The normalized spacial score (nSPS) is 17.3. The zero-order valence-electron chi connectivity index (χ0n) is 5.79. The molecule has 0 radical (unpaired) electrons. The smallest absolute Gasteiger partial charge is 0.321 e. The number of aromatic nitrogens is 2. The highest BCUT2D eigenvalue weighted by Gasteiger charge is 2.22. The van der Waals surface area contributed by atoms with Crippen molar-refractivity contribution in [3.63, 3.8) is 0 Å². The molecule has 0 amide bonds. The predicted octanol–water partition coefficient (Wildman–Crippen LogP) is 0.952. The topological polar surface area (TPSA) is 51.0 Å². The molecule has 0 spiro atoms. The first kappa shape index (κ1) is 5.70. The molecule has 0 atom stereocenters. The van der Waals surface area contributed by atoms with Crippen LogP contribution in [0.1, 0.15) is 18.7 Å². The van der Waals surface area contributed by atoms with Gasteiger partial charge in [-0.15, -0.1) is 0 Å². The zero-order chi connectivity index (χ0) is 6.97. The van der Waals surface area contributed by atoms with Crippen molar-refractivity contribution in [1.29, 1.82) is 0 Å². The SMILES string of the molecule is Cc1noc(NC2CC2)n1. The minimum absolute atomic E-state index is 0.556. The summed E-state index contributed by atoms with van der Waals surface area (Å²) < 4.78 is 4.84. The minimum atomic E-state index is 0.556. The van der Waals surface area contributed by atoms with E-state index in [1.807, 2.05) is 6.92 Å². The Morgan fingerprint density at radius 2 is 2.40 bits per heavy atom. The van der Waals surface area contributed by atoms with E-state index in [1.54, 1.807) is 0 Å². The van der Waals surface area contributed by atoms with E-state index in [9.17, 15) is 0 Å². The molecule has 1 saturated carbocycles. The molecule has 1 heterocycles. The van der Waals surface area contributed by atoms with Crippen LogP contribution in [0.25, 0.3) is 0 Å². The number of rotatable bonds is 2. The molecule has 4 heteroatoms. The van der Waals surface area contributed by atoms with Crippen LogP contribution in [0.4, 0.5) is 6.01 Å². The highest BCUT2D eigenvalue weighted by Crippen LogP contribution is 2.23. The van der Waals surface area contributed by atoms with E-state index < -0.39 is 0 Å². The molecule has 0 bridgehead atoms. The Kier molecular flexibility index (Phi) is 1.12. The molecular weight excluding hydrogens is 130 g/mol. The van der Waals surface area contributed by atoms with Gasteiger partial charge in [0.25, 0.3) is 0 Å². The number of hydrogen-bond acceptors (Lipinski definition) is 4. The highest BCUT2D eigenvalue weighted by molar-refractivity contribution is 5.22. The Morgan fingerprint density at radius 3 is 2.90 bits per heavy atom. The summed E-state index contributed by atoms with van der Waals surface area (Å²) in [5, 5.41) is 6.75. The fourth-order valence-corrected chi connectivity index (χ4v) is 0.758. The lowest BCUT2D eigenvalue weighted by Gasteiger charge is -1.91. The number of hydrogen-bond donors (Lipinski definition) is 1. The van der Waals surface area contributed by atoms with Crippen molar-refractivity contribution in [2.75, 3.05) is 5.32 Å². The number of nitrogens with zero attached hydrogens (tertiary/aromatic N) is 2. The van der Waals surface area contributed by atoms with Crippen LogP contribution in [-0.2, 0) is 0 Å². The molecule has 54 valence electrons. The Bertz CT molecular complexity index is 229. The molecule has 1 aromatic heterocycles. The lowest BCUT2D eigenvalue weighted by Crippen LogP contribution is -2.00. The molecule has 1 aliphatic rings. The molecule has 1 aliphatic carbocycles. The second kappa shape index (κ2) is 1.97. The van der Waals surface area contributed by atoms with Gasteiger partial charge in [-0.2, -0.15) is 4.98 Å². The Balaban J connectivity index is 2.03. The summed E-state index contributed by atoms with van der Waals surface area (Å²) in [5.74, 6) is 0.683. The molecule has 1 aromatic rings. The largest absolute Gasteiger partial charge is 0.335 e. The van der Waals surface area contributed by atoms with Crippen LogP contribution in [0.2, 0.25) is 0 Å². The van der Waals surface area contributed by atoms with Crippen molar-refractivity contribution in [3.05, 3.63) is 5.82 Å². The van der Waals surface area contributed by atoms with Gasteiger partial charge < -0.3 is 9.84 Å². The molecule has 0 saturated heterocycles.